The molecule has 1 heterocycles. The van der Waals surface area contributed by atoms with Crippen LogP contribution in [0.4, 0.5) is 0 Å². The van der Waals surface area contributed by atoms with Gasteiger partial charge in [-0.3, -0.25) is 0 Å². The van der Waals surface area contributed by atoms with Crippen LogP contribution in [0.25, 0.3) is 0 Å². The lowest BCUT2D eigenvalue weighted by molar-refractivity contribution is 0.426. The first kappa shape index (κ1) is 14.0. The van der Waals surface area contributed by atoms with Crippen molar-refractivity contribution in [3.63, 3.8) is 0 Å². The van der Waals surface area contributed by atoms with E-state index < -0.39 is 10.0 Å². The number of nitrogens with zero attached hydrogens (tertiary/aromatic N) is 1. The van der Waals surface area contributed by atoms with Crippen LogP contribution in [0.15, 0.2) is 17.5 Å². The van der Waals surface area contributed by atoms with E-state index in [1.54, 1.807) is 11.3 Å². The minimum atomic E-state index is -3.16. The summed E-state index contributed by atoms with van der Waals surface area (Å²) in [5, 5.41) is 1.95. The lowest BCUT2D eigenvalue weighted by atomic mass is 10.4. The van der Waals surface area contributed by atoms with Gasteiger partial charge in [0.25, 0.3) is 0 Å². The number of halogens is 1. The third kappa shape index (κ3) is 4.05. The minimum absolute atomic E-state index is 0.135. The summed E-state index contributed by atoms with van der Waals surface area (Å²) in [6.45, 7) is 2.83. The van der Waals surface area contributed by atoms with E-state index in [-0.39, 0.29) is 5.75 Å². The number of sulfonamides is 1. The van der Waals surface area contributed by atoms with Crippen molar-refractivity contribution in [2.24, 2.45) is 0 Å². The Balaban J connectivity index is 2.66. The SMILES string of the molecule is CCN(Cc1cccs1)S(=O)(=O)CCCCl. The van der Waals surface area contributed by atoms with Crippen molar-refractivity contribution in [3.05, 3.63) is 22.4 Å². The van der Waals surface area contributed by atoms with Crippen LogP contribution in [0.2, 0.25) is 0 Å². The molecule has 0 spiro atoms. The maximum absolute atomic E-state index is 11.9. The van der Waals surface area contributed by atoms with E-state index in [0.717, 1.165) is 4.88 Å². The molecule has 0 aliphatic rings. The molecule has 1 aromatic rings. The first-order valence-electron chi connectivity index (χ1n) is 5.16. The molecular weight excluding hydrogens is 266 g/mol. The van der Waals surface area contributed by atoms with E-state index in [9.17, 15) is 8.42 Å². The highest BCUT2D eigenvalue weighted by molar-refractivity contribution is 7.89. The lowest BCUT2D eigenvalue weighted by Crippen LogP contribution is -2.32. The second-order valence-electron chi connectivity index (χ2n) is 3.36. The Morgan fingerprint density at radius 2 is 2.25 bits per heavy atom. The zero-order chi connectivity index (χ0) is 12.0. The third-order valence-electron chi connectivity index (χ3n) is 2.19. The van der Waals surface area contributed by atoms with Gasteiger partial charge in [0, 0.05) is 23.8 Å². The van der Waals surface area contributed by atoms with E-state index in [0.29, 0.717) is 25.4 Å². The van der Waals surface area contributed by atoms with Gasteiger partial charge in [0.1, 0.15) is 0 Å². The van der Waals surface area contributed by atoms with Crippen LogP contribution in [-0.4, -0.2) is 30.9 Å². The van der Waals surface area contributed by atoms with E-state index >= 15 is 0 Å². The monoisotopic (exact) mass is 281 g/mol. The fourth-order valence-electron chi connectivity index (χ4n) is 1.35. The molecule has 0 fully saturated rings. The molecule has 0 amide bonds. The van der Waals surface area contributed by atoms with Crippen molar-refractivity contribution < 1.29 is 8.42 Å². The molecule has 0 radical (unpaired) electrons. The number of alkyl halides is 1. The summed E-state index contributed by atoms with van der Waals surface area (Å²) in [6.07, 6.45) is 0.505. The quantitative estimate of drug-likeness (QED) is 0.720. The molecule has 0 saturated carbocycles. The molecule has 1 rings (SSSR count). The van der Waals surface area contributed by atoms with E-state index in [4.69, 9.17) is 11.6 Å². The van der Waals surface area contributed by atoms with Crippen molar-refractivity contribution in [3.8, 4) is 0 Å². The normalized spacial score (nSPS) is 12.2. The van der Waals surface area contributed by atoms with Gasteiger partial charge in [0.05, 0.1) is 5.75 Å². The van der Waals surface area contributed by atoms with E-state index in [1.807, 2.05) is 24.4 Å². The average Bonchev–Trinajstić information content (AvgIpc) is 2.75. The topological polar surface area (TPSA) is 37.4 Å². The van der Waals surface area contributed by atoms with Gasteiger partial charge in [-0.1, -0.05) is 13.0 Å². The first-order valence-corrected chi connectivity index (χ1v) is 8.18. The predicted molar refractivity (Wildman–Crippen MR) is 69.5 cm³/mol. The number of hydrogen-bond acceptors (Lipinski definition) is 3. The van der Waals surface area contributed by atoms with E-state index in [2.05, 4.69) is 0 Å². The molecule has 0 unspecified atom stereocenters. The molecule has 0 aliphatic carbocycles. The summed E-state index contributed by atoms with van der Waals surface area (Å²) >= 11 is 7.09. The van der Waals surface area contributed by atoms with Crippen LogP contribution in [0, 0.1) is 0 Å². The Morgan fingerprint density at radius 1 is 1.50 bits per heavy atom. The average molecular weight is 282 g/mol. The molecule has 92 valence electrons. The highest BCUT2D eigenvalue weighted by Crippen LogP contribution is 2.15. The molecule has 0 N–H and O–H groups in total. The van der Waals surface area contributed by atoms with Gasteiger partial charge in [0.15, 0.2) is 0 Å². The van der Waals surface area contributed by atoms with Crippen molar-refractivity contribution >= 4 is 33.0 Å². The van der Waals surface area contributed by atoms with Crippen LogP contribution < -0.4 is 0 Å². The molecule has 6 heteroatoms. The van der Waals surface area contributed by atoms with Crippen LogP contribution in [0.3, 0.4) is 0 Å². The summed E-state index contributed by atoms with van der Waals surface area (Å²) in [4.78, 5) is 1.07. The van der Waals surface area contributed by atoms with Crippen LogP contribution in [0.5, 0.6) is 0 Å². The Kier molecular flexibility index (Phi) is 5.75. The Bertz CT molecular complexity index is 389. The summed E-state index contributed by atoms with van der Waals surface area (Å²) in [7, 11) is -3.16. The van der Waals surface area contributed by atoms with Crippen LogP contribution in [0.1, 0.15) is 18.2 Å². The van der Waals surface area contributed by atoms with Crippen LogP contribution in [-0.2, 0) is 16.6 Å². The maximum atomic E-state index is 11.9. The third-order valence-corrected chi connectivity index (χ3v) is 5.30. The summed E-state index contributed by atoms with van der Waals surface area (Å²) in [6, 6.07) is 3.88. The molecule has 0 saturated heterocycles. The molecule has 0 atom stereocenters. The highest BCUT2D eigenvalue weighted by atomic mass is 35.5. The largest absolute Gasteiger partial charge is 0.214 e. The number of rotatable bonds is 7. The number of thiophene rings is 1. The second-order valence-corrected chi connectivity index (χ2v) is 6.86. The summed E-state index contributed by atoms with van der Waals surface area (Å²) < 4.78 is 25.3. The van der Waals surface area contributed by atoms with Gasteiger partial charge in [-0.2, -0.15) is 4.31 Å². The summed E-state index contributed by atoms with van der Waals surface area (Å²) in [5.41, 5.74) is 0. The molecule has 0 bridgehead atoms. The molecule has 16 heavy (non-hydrogen) atoms. The second kappa shape index (κ2) is 6.59. The van der Waals surface area contributed by atoms with Crippen molar-refractivity contribution in [1.29, 1.82) is 0 Å². The molecule has 0 aliphatic heterocycles. The van der Waals surface area contributed by atoms with Gasteiger partial charge in [-0.05, 0) is 17.9 Å². The van der Waals surface area contributed by atoms with Gasteiger partial charge in [0.2, 0.25) is 10.0 Å². The van der Waals surface area contributed by atoms with Gasteiger partial charge >= 0.3 is 0 Å². The molecule has 3 nitrogen and oxygen atoms in total. The number of hydrogen-bond donors (Lipinski definition) is 0. The Hall–Kier alpha value is -0.100. The van der Waals surface area contributed by atoms with Crippen molar-refractivity contribution in [2.45, 2.75) is 19.9 Å². The van der Waals surface area contributed by atoms with Gasteiger partial charge < -0.3 is 0 Å². The van der Waals surface area contributed by atoms with Gasteiger partial charge in [-0.25, -0.2) is 8.42 Å². The standard InChI is InChI=1S/C10H16ClNO2S2/c1-2-12(9-10-5-3-7-15-10)16(13,14)8-4-6-11/h3,5,7H,2,4,6,8-9H2,1H3. The molecule has 0 aromatic carbocycles. The van der Waals surface area contributed by atoms with Gasteiger partial charge in [-0.15, -0.1) is 22.9 Å². The zero-order valence-electron chi connectivity index (χ0n) is 9.23. The lowest BCUT2D eigenvalue weighted by Gasteiger charge is -2.19. The Morgan fingerprint density at radius 3 is 2.75 bits per heavy atom. The zero-order valence-corrected chi connectivity index (χ0v) is 11.6. The highest BCUT2D eigenvalue weighted by Gasteiger charge is 2.20. The smallest absolute Gasteiger partial charge is 0.212 e. The fraction of sp³-hybridized carbons (Fsp3) is 0.600. The van der Waals surface area contributed by atoms with Crippen LogP contribution >= 0.6 is 22.9 Å². The predicted octanol–water partition coefficient (Wildman–Crippen LogP) is 2.53. The first-order chi connectivity index (χ1) is 7.60. The fourth-order valence-corrected chi connectivity index (χ4v) is 3.94. The molecule has 1 aromatic heterocycles. The van der Waals surface area contributed by atoms with Crippen molar-refractivity contribution in [1.82, 2.24) is 4.31 Å². The summed E-state index contributed by atoms with van der Waals surface area (Å²) in [5.74, 6) is 0.519. The molecular formula is C10H16ClNO2S2. The Labute approximate surface area is 106 Å². The van der Waals surface area contributed by atoms with E-state index in [1.165, 1.54) is 4.31 Å². The maximum Gasteiger partial charge on any atom is 0.214 e. The van der Waals surface area contributed by atoms with Crippen molar-refractivity contribution in [2.75, 3.05) is 18.2 Å². The minimum Gasteiger partial charge on any atom is -0.212 e.